The minimum atomic E-state index is -0.668. The number of hydrogen-bond donors (Lipinski definition) is 0. The van der Waals surface area contributed by atoms with Crippen molar-refractivity contribution in [1.29, 1.82) is 0 Å². The average Bonchev–Trinajstić information content (AvgIpc) is 3.13. The van der Waals surface area contributed by atoms with Crippen molar-refractivity contribution in [2.45, 2.75) is 24.8 Å². The third-order valence-electron chi connectivity index (χ3n) is 5.42. The summed E-state index contributed by atoms with van der Waals surface area (Å²) in [4.78, 5) is 32.9. The molecule has 3 aromatic rings. The Bertz CT molecular complexity index is 1460. The fraction of sp³-hybridized carbons (Fsp3) is 0.240. The second-order valence-electron chi connectivity index (χ2n) is 7.47. The van der Waals surface area contributed by atoms with Gasteiger partial charge in [0.1, 0.15) is 5.75 Å². The highest BCUT2D eigenvalue weighted by Gasteiger charge is 2.33. The number of methoxy groups -OCH3 is 1. The predicted molar refractivity (Wildman–Crippen MR) is 139 cm³/mol. The quantitative estimate of drug-likeness (QED) is 0.333. The van der Waals surface area contributed by atoms with Crippen molar-refractivity contribution < 1.29 is 14.3 Å². The molecule has 0 saturated heterocycles. The summed E-state index contributed by atoms with van der Waals surface area (Å²) in [5, 5.41) is 0. The topological polar surface area (TPSA) is 69.9 Å². The molecule has 1 aromatic heterocycles. The van der Waals surface area contributed by atoms with Crippen LogP contribution in [0.5, 0.6) is 5.75 Å². The standard InChI is InChI=1S/C25H23BrN2O4S2/c1-5-32-24(30)21-14(2)27-25-28(22(21)16-8-11-19(31-3)18(26)13-16)23(29)20(34-25)12-15-6-9-17(33-4)10-7-15/h6-13,22H,5H2,1-4H3/b20-12+/t22-/m1/s1. The number of aromatic nitrogens is 1. The molecule has 0 unspecified atom stereocenters. The van der Waals surface area contributed by atoms with Crippen LogP contribution in [0, 0.1) is 0 Å². The molecular weight excluding hydrogens is 536 g/mol. The predicted octanol–water partition coefficient (Wildman–Crippen LogP) is 4.29. The molecule has 0 bridgehead atoms. The minimum Gasteiger partial charge on any atom is -0.496 e. The minimum absolute atomic E-state index is 0.205. The molecule has 0 saturated carbocycles. The third kappa shape index (κ3) is 4.64. The smallest absolute Gasteiger partial charge is 0.338 e. The number of halogens is 1. The van der Waals surface area contributed by atoms with E-state index < -0.39 is 12.0 Å². The van der Waals surface area contributed by atoms with Gasteiger partial charge in [-0.1, -0.05) is 29.5 Å². The van der Waals surface area contributed by atoms with Gasteiger partial charge in [0.05, 0.1) is 40.0 Å². The van der Waals surface area contributed by atoms with Crippen LogP contribution in [0.2, 0.25) is 0 Å². The molecule has 1 aliphatic rings. The fourth-order valence-corrected chi connectivity index (χ4v) is 5.82. The molecular formula is C25H23BrN2O4S2. The van der Waals surface area contributed by atoms with Crippen molar-refractivity contribution in [3.63, 3.8) is 0 Å². The Balaban J connectivity index is 1.93. The monoisotopic (exact) mass is 558 g/mol. The van der Waals surface area contributed by atoms with E-state index in [9.17, 15) is 9.59 Å². The molecule has 34 heavy (non-hydrogen) atoms. The van der Waals surface area contributed by atoms with E-state index in [1.165, 1.54) is 11.3 Å². The molecule has 2 heterocycles. The van der Waals surface area contributed by atoms with E-state index in [1.54, 1.807) is 43.4 Å². The van der Waals surface area contributed by atoms with Gasteiger partial charge in [0.2, 0.25) is 0 Å². The summed E-state index contributed by atoms with van der Waals surface area (Å²) in [6, 6.07) is 12.9. The molecule has 176 valence electrons. The number of ether oxygens (including phenoxy) is 2. The molecule has 0 fully saturated rings. The van der Waals surface area contributed by atoms with E-state index in [-0.39, 0.29) is 12.2 Å². The van der Waals surface area contributed by atoms with Gasteiger partial charge in [-0.25, -0.2) is 9.79 Å². The van der Waals surface area contributed by atoms with Crippen LogP contribution >= 0.6 is 39.0 Å². The largest absolute Gasteiger partial charge is 0.496 e. The van der Waals surface area contributed by atoms with Crippen LogP contribution in [0.3, 0.4) is 0 Å². The number of allylic oxidation sites excluding steroid dienone is 1. The number of nitrogens with zero attached hydrogens (tertiary/aromatic N) is 2. The maximum Gasteiger partial charge on any atom is 0.338 e. The molecule has 0 spiro atoms. The first-order valence-corrected chi connectivity index (χ1v) is 13.4. The SMILES string of the molecule is CCOC(=O)C1=C(C)N=c2s/c(=C/c3ccc(SC)cc3)c(=O)n2[C@@H]1c1ccc(OC)c(Br)c1. The third-order valence-corrected chi connectivity index (χ3v) is 7.77. The lowest BCUT2D eigenvalue weighted by atomic mass is 9.96. The van der Waals surface area contributed by atoms with Gasteiger partial charge in [-0.15, -0.1) is 11.8 Å². The van der Waals surface area contributed by atoms with Gasteiger partial charge in [0, 0.05) is 4.90 Å². The van der Waals surface area contributed by atoms with Crippen LogP contribution in [-0.4, -0.2) is 30.5 Å². The van der Waals surface area contributed by atoms with Gasteiger partial charge < -0.3 is 9.47 Å². The van der Waals surface area contributed by atoms with Crippen LogP contribution in [0.15, 0.2) is 72.9 Å². The molecule has 0 amide bonds. The summed E-state index contributed by atoms with van der Waals surface area (Å²) in [5.41, 5.74) is 2.36. The summed E-state index contributed by atoms with van der Waals surface area (Å²) in [6.45, 7) is 3.76. The molecule has 1 atom stereocenters. The van der Waals surface area contributed by atoms with E-state index in [1.807, 2.05) is 48.7 Å². The first kappa shape index (κ1) is 24.5. The van der Waals surface area contributed by atoms with Crippen LogP contribution in [0.25, 0.3) is 6.08 Å². The van der Waals surface area contributed by atoms with E-state index in [0.717, 1.165) is 20.5 Å². The number of thioether (sulfide) groups is 1. The van der Waals surface area contributed by atoms with Crippen molar-refractivity contribution >= 4 is 51.1 Å². The van der Waals surface area contributed by atoms with Gasteiger partial charge in [-0.05, 0) is 77.5 Å². The average molecular weight is 560 g/mol. The Hall–Kier alpha value is -2.62. The number of hydrogen-bond acceptors (Lipinski definition) is 7. The zero-order valence-electron chi connectivity index (χ0n) is 19.1. The highest BCUT2D eigenvalue weighted by molar-refractivity contribution is 9.10. The van der Waals surface area contributed by atoms with Crippen LogP contribution < -0.4 is 19.6 Å². The van der Waals surface area contributed by atoms with E-state index >= 15 is 0 Å². The summed E-state index contributed by atoms with van der Waals surface area (Å²) < 4.78 is 13.6. The molecule has 0 aliphatic carbocycles. The van der Waals surface area contributed by atoms with E-state index in [4.69, 9.17) is 9.47 Å². The lowest BCUT2D eigenvalue weighted by Gasteiger charge is -2.25. The number of fused-ring (bicyclic) bond motifs is 1. The van der Waals surface area contributed by atoms with Crippen molar-refractivity contribution in [2.75, 3.05) is 20.0 Å². The normalized spacial score (nSPS) is 15.7. The van der Waals surface area contributed by atoms with Crippen LogP contribution in [0.4, 0.5) is 0 Å². The second kappa shape index (κ2) is 10.3. The number of thiazole rings is 1. The first-order chi connectivity index (χ1) is 16.4. The van der Waals surface area contributed by atoms with Crippen LogP contribution in [-0.2, 0) is 9.53 Å². The zero-order valence-corrected chi connectivity index (χ0v) is 22.3. The maximum absolute atomic E-state index is 13.6. The fourth-order valence-electron chi connectivity index (χ4n) is 3.81. The molecule has 2 aromatic carbocycles. The van der Waals surface area contributed by atoms with Gasteiger partial charge in [0.15, 0.2) is 4.80 Å². The highest BCUT2D eigenvalue weighted by atomic mass is 79.9. The number of carbonyl (C=O) groups is 1. The first-order valence-electron chi connectivity index (χ1n) is 10.5. The number of carbonyl (C=O) groups excluding carboxylic acids is 1. The van der Waals surface area contributed by atoms with E-state index in [0.29, 0.717) is 26.4 Å². The van der Waals surface area contributed by atoms with E-state index in [2.05, 4.69) is 20.9 Å². The molecule has 6 nitrogen and oxygen atoms in total. The summed E-state index contributed by atoms with van der Waals surface area (Å²) in [5.74, 6) is 0.172. The maximum atomic E-state index is 13.6. The van der Waals surface area contributed by atoms with Crippen molar-refractivity contribution in [3.05, 3.63) is 89.0 Å². The second-order valence-corrected chi connectivity index (χ2v) is 10.2. The lowest BCUT2D eigenvalue weighted by Crippen LogP contribution is -2.39. The Kier molecular flexibility index (Phi) is 7.45. The van der Waals surface area contributed by atoms with Crippen LogP contribution in [0.1, 0.15) is 31.0 Å². The van der Waals surface area contributed by atoms with Gasteiger partial charge >= 0.3 is 5.97 Å². The summed E-state index contributed by atoms with van der Waals surface area (Å²) >= 11 is 6.49. The Morgan fingerprint density at radius 1 is 1.26 bits per heavy atom. The van der Waals surface area contributed by atoms with Gasteiger partial charge in [0.25, 0.3) is 5.56 Å². The zero-order chi connectivity index (χ0) is 24.4. The van der Waals surface area contributed by atoms with Crippen molar-refractivity contribution in [2.24, 2.45) is 4.99 Å². The lowest BCUT2D eigenvalue weighted by molar-refractivity contribution is -0.139. The number of esters is 1. The molecule has 4 rings (SSSR count). The highest BCUT2D eigenvalue weighted by Crippen LogP contribution is 2.35. The Labute approximate surface area is 213 Å². The molecule has 0 radical (unpaired) electrons. The summed E-state index contributed by atoms with van der Waals surface area (Å²) in [6.07, 6.45) is 3.88. The van der Waals surface area contributed by atoms with Gasteiger partial charge in [-0.3, -0.25) is 9.36 Å². The Morgan fingerprint density at radius 3 is 2.62 bits per heavy atom. The Morgan fingerprint density at radius 2 is 2.00 bits per heavy atom. The molecule has 1 aliphatic heterocycles. The van der Waals surface area contributed by atoms with Gasteiger partial charge in [-0.2, -0.15) is 0 Å². The summed E-state index contributed by atoms with van der Waals surface area (Å²) in [7, 11) is 1.59. The van der Waals surface area contributed by atoms with Crippen molar-refractivity contribution in [3.8, 4) is 5.75 Å². The molecule has 0 N–H and O–H groups in total. The molecule has 9 heteroatoms. The number of rotatable bonds is 6. The number of benzene rings is 2. The van der Waals surface area contributed by atoms with Crippen molar-refractivity contribution in [1.82, 2.24) is 4.57 Å².